The molecule has 2 aliphatic heterocycles. The van der Waals surface area contributed by atoms with E-state index in [1.807, 2.05) is 28.0 Å². The van der Waals surface area contributed by atoms with Crippen LogP contribution in [0.1, 0.15) is 75.2 Å². The summed E-state index contributed by atoms with van der Waals surface area (Å²) in [6.45, 7) is 12.3. The first kappa shape index (κ1) is 24.7. The van der Waals surface area contributed by atoms with Gasteiger partial charge in [-0.3, -0.25) is 14.5 Å². The van der Waals surface area contributed by atoms with Gasteiger partial charge in [0.2, 0.25) is 5.91 Å². The zero-order chi connectivity index (χ0) is 22.9. The normalized spacial score (nSPS) is 19.2. The molecule has 0 atom stereocenters. The summed E-state index contributed by atoms with van der Waals surface area (Å²) in [5.41, 5.74) is 2.76. The van der Waals surface area contributed by atoms with Gasteiger partial charge in [0.1, 0.15) is 0 Å². The van der Waals surface area contributed by atoms with E-state index >= 15 is 0 Å². The van der Waals surface area contributed by atoms with E-state index < -0.39 is 0 Å². The molecule has 1 fully saturated rings. The molecule has 1 aromatic carbocycles. The Morgan fingerprint density at radius 3 is 2.34 bits per heavy atom. The molecular formula is C26H41N3O3. The van der Waals surface area contributed by atoms with Crippen LogP contribution in [-0.4, -0.2) is 67.6 Å². The summed E-state index contributed by atoms with van der Waals surface area (Å²) in [4.78, 5) is 32.0. The van der Waals surface area contributed by atoms with Gasteiger partial charge in [-0.05, 0) is 62.0 Å². The fourth-order valence-electron chi connectivity index (χ4n) is 4.59. The van der Waals surface area contributed by atoms with Crippen molar-refractivity contribution < 1.29 is 14.3 Å². The van der Waals surface area contributed by atoms with Crippen molar-refractivity contribution in [3.05, 3.63) is 29.3 Å². The number of carbonyl (C=O) groups excluding carboxylic acids is 2. The molecule has 6 nitrogen and oxygen atoms in total. The van der Waals surface area contributed by atoms with Crippen molar-refractivity contribution in [1.29, 1.82) is 0 Å². The Morgan fingerprint density at radius 1 is 0.969 bits per heavy atom. The van der Waals surface area contributed by atoms with E-state index in [1.165, 1.54) is 19.3 Å². The highest BCUT2D eigenvalue weighted by Crippen LogP contribution is 2.27. The van der Waals surface area contributed by atoms with Crippen molar-refractivity contribution in [3.8, 4) is 0 Å². The van der Waals surface area contributed by atoms with Gasteiger partial charge >= 0.3 is 0 Å². The Balaban J connectivity index is 1.92. The van der Waals surface area contributed by atoms with Gasteiger partial charge in [-0.1, -0.05) is 33.1 Å². The number of morpholine rings is 1. The van der Waals surface area contributed by atoms with Crippen molar-refractivity contribution in [2.24, 2.45) is 5.92 Å². The quantitative estimate of drug-likeness (QED) is 0.695. The minimum absolute atomic E-state index is 0.0605. The Labute approximate surface area is 193 Å². The molecule has 0 aliphatic carbocycles. The van der Waals surface area contributed by atoms with Crippen molar-refractivity contribution in [2.45, 2.75) is 65.8 Å². The van der Waals surface area contributed by atoms with Crippen LogP contribution in [0.15, 0.2) is 18.2 Å². The number of ether oxygens (including phenoxy) is 1. The first-order valence-corrected chi connectivity index (χ1v) is 12.5. The number of hydrogen-bond donors (Lipinski definition) is 0. The topological polar surface area (TPSA) is 53.1 Å². The first-order valence-electron chi connectivity index (χ1n) is 12.5. The molecule has 1 saturated heterocycles. The summed E-state index contributed by atoms with van der Waals surface area (Å²) in [6, 6.07) is 5.94. The fraction of sp³-hybridized carbons (Fsp3) is 0.692. The summed E-state index contributed by atoms with van der Waals surface area (Å²) in [6.07, 6.45) is 6.99. The van der Waals surface area contributed by atoms with E-state index in [9.17, 15) is 9.59 Å². The van der Waals surface area contributed by atoms with Gasteiger partial charge < -0.3 is 14.5 Å². The average Bonchev–Trinajstić information content (AvgIpc) is 2.78. The smallest absolute Gasteiger partial charge is 0.254 e. The Bertz CT molecular complexity index is 759. The van der Waals surface area contributed by atoms with Crippen LogP contribution < -0.4 is 4.90 Å². The minimum atomic E-state index is 0.0605. The van der Waals surface area contributed by atoms with Crippen LogP contribution in [0.2, 0.25) is 0 Å². The van der Waals surface area contributed by atoms with E-state index in [0.717, 1.165) is 56.7 Å². The van der Waals surface area contributed by atoms with Crippen LogP contribution in [0.4, 0.5) is 5.69 Å². The Hall–Kier alpha value is -1.92. The van der Waals surface area contributed by atoms with Crippen LogP contribution in [0, 0.1) is 5.92 Å². The highest BCUT2D eigenvalue weighted by molar-refractivity contribution is 5.97. The van der Waals surface area contributed by atoms with E-state index in [1.54, 1.807) is 6.92 Å². The number of amides is 2. The largest absolute Gasteiger partial charge is 0.378 e. The molecule has 32 heavy (non-hydrogen) atoms. The number of anilines is 1. The van der Waals surface area contributed by atoms with Crippen LogP contribution in [0.25, 0.3) is 0 Å². The van der Waals surface area contributed by atoms with Crippen LogP contribution in [-0.2, 0) is 16.1 Å². The Kier molecular flexibility index (Phi) is 9.54. The molecule has 6 heteroatoms. The van der Waals surface area contributed by atoms with E-state index in [0.29, 0.717) is 37.8 Å². The number of hydrogen-bond acceptors (Lipinski definition) is 4. The molecule has 0 unspecified atom stereocenters. The van der Waals surface area contributed by atoms with Gasteiger partial charge in [0.15, 0.2) is 0 Å². The molecule has 178 valence electrons. The number of benzene rings is 1. The lowest BCUT2D eigenvalue weighted by Crippen LogP contribution is -2.40. The third-order valence-corrected chi connectivity index (χ3v) is 6.57. The molecule has 0 spiro atoms. The van der Waals surface area contributed by atoms with E-state index in [2.05, 4.69) is 18.7 Å². The van der Waals surface area contributed by atoms with Gasteiger partial charge in [-0.25, -0.2) is 0 Å². The van der Waals surface area contributed by atoms with E-state index in [4.69, 9.17) is 4.74 Å². The molecule has 1 aromatic rings. The predicted molar refractivity (Wildman–Crippen MR) is 129 cm³/mol. The molecule has 2 aliphatic rings. The molecule has 2 heterocycles. The minimum Gasteiger partial charge on any atom is -0.378 e. The molecule has 3 rings (SSSR count). The van der Waals surface area contributed by atoms with Crippen LogP contribution in [0.3, 0.4) is 0 Å². The van der Waals surface area contributed by atoms with Crippen molar-refractivity contribution in [2.75, 3.05) is 50.8 Å². The molecule has 2 amide bonds. The lowest BCUT2D eigenvalue weighted by Gasteiger charge is -2.30. The summed E-state index contributed by atoms with van der Waals surface area (Å²) >= 11 is 0. The highest BCUT2D eigenvalue weighted by Gasteiger charge is 2.23. The zero-order valence-corrected chi connectivity index (χ0v) is 20.3. The average molecular weight is 444 g/mol. The van der Waals surface area contributed by atoms with Crippen molar-refractivity contribution >= 4 is 17.5 Å². The zero-order valence-electron chi connectivity index (χ0n) is 20.3. The molecule has 0 radical (unpaired) electrons. The second-order valence-corrected chi connectivity index (χ2v) is 9.65. The van der Waals surface area contributed by atoms with Gasteiger partial charge in [-0.2, -0.15) is 0 Å². The SMILES string of the molecule is CC(=O)N1CCCCCCCN(CCC(C)C)Cc2cc(C(=O)N3CCOCC3)ccc21. The maximum atomic E-state index is 13.2. The van der Waals surface area contributed by atoms with Gasteiger partial charge in [0, 0.05) is 44.4 Å². The van der Waals surface area contributed by atoms with E-state index in [-0.39, 0.29) is 11.8 Å². The number of nitrogens with zero attached hydrogens (tertiary/aromatic N) is 3. The second-order valence-electron chi connectivity index (χ2n) is 9.65. The van der Waals surface area contributed by atoms with Gasteiger partial charge in [-0.15, -0.1) is 0 Å². The third kappa shape index (κ3) is 7.04. The van der Waals surface area contributed by atoms with Crippen LogP contribution >= 0.6 is 0 Å². The van der Waals surface area contributed by atoms with Crippen LogP contribution in [0.5, 0.6) is 0 Å². The standard InChI is InChI=1S/C26H41N3O3/c1-21(2)11-14-27-12-7-5-4-6-8-13-29(22(3)30)25-10-9-23(19-24(25)20-27)26(31)28-15-17-32-18-16-28/h9-10,19,21H,4-8,11-18,20H2,1-3H3. The first-order chi connectivity index (χ1) is 15.5. The second kappa shape index (κ2) is 12.4. The highest BCUT2D eigenvalue weighted by atomic mass is 16.5. The van der Waals surface area contributed by atoms with Crippen molar-refractivity contribution in [1.82, 2.24) is 9.80 Å². The maximum absolute atomic E-state index is 13.2. The number of fused-ring (bicyclic) bond motifs is 1. The summed E-state index contributed by atoms with van der Waals surface area (Å²) in [7, 11) is 0. The molecule has 0 N–H and O–H groups in total. The molecule has 0 aromatic heterocycles. The molecular weight excluding hydrogens is 402 g/mol. The third-order valence-electron chi connectivity index (χ3n) is 6.57. The van der Waals surface area contributed by atoms with Crippen molar-refractivity contribution in [3.63, 3.8) is 0 Å². The fourth-order valence-corrected chi connectivity index (χ4v) is 4.59. The molecule has 0 bridgehead atoms. The molecule has 0 saturated carbocycles. The summed E-state index contributed by atoms with van der Waals surface area (Å²) < 4.78 is 5.41. The predicted octanol–water partition coefficient (Wildman–Crippen LogP) is 4.32. The number of rotatable bonds is 4. The maximum Gasteiger partial charge on any atom is 0.254 e. The summed E-state index contributed by atoms with van der Waals surface area (Å²) in [5, 5.41) is 0. The lowest BCUT2D eigenvalue weighted by atomic mass is 10.0. The van der Waals surface area contributed by atoms with Gasteiger partial charge in [0.25, 0.3) is 5.91 Å². The summed E-state index contributed by atoms with van der Waals surface area (Å²) in [5.74, 6) is 0.786. The lowest BCUT2D eigenvalue weighted by molar-refractivity contribution is -0.116. The monoisotopic (exact) mass is 443 g/mol. The van der Waals surface area contributed by atoms with Gasteiger partial charge in [0.05, 0.1) is 13.2 Å². The number of carbonyl (C=O) groups is 2. The Morgan fingerprint density at radius 2 is 1.66 bits per heavy atom.